The molecule has 5 rings (SSSR count). The molecule has 1 unspecified atom stereocenters. The van der Waals surface area contributed by atoms with Gasteiger partial charge in [0.05, 0.1) is 17.3 Å². The van der Waals surface area contributed by atoms with Crippen molar-refractivity contribution in [1.82, 2.24) is 20.1 Å². The third kappa shape index (κ3) is 4.82. The minimum Gasteiger partial charge on any atom is -0.351 e. The van der Waals surface area contributed by atoms with E-state index < -0.39 is 0 Å². The van der Waals surface area contributed by atoms with Crippen LogP contribution in [0, 0.1) is 12.8 Å². The molecule has 1 saturated heterocycles. The highest BCUT2D eigenvalue weighted by molar-refractivity contribution is 7.80. The van der Waals surface area contributed by atoms with E-state index in [9.17, 15) is 0 Å². The number of aryl methyl sites for hydroxylation is 1. The summed E-state index contributed by atoms with van der Waals surface area (Å²) < 4.78 is 0. The monoisotopic (exact) mass is 482 g/mol. The standard InChI is InChI=1S/C28H30N6S/c1-19(2)26-18-33(27-14-13-25(31-32-27)21-9-5-4-8-20(21)3)16-17-34(26)28(35)30-24-12-6-11-23-22(24)10-7-15-29-23/h4-15,19,26H,16-18H2,1-3H3,(H,30,35). The first kappa shape index (κ1) is 23.2. The average molecular weight is 483 g/mol. The molecule has 0 radical (unpaired) electrons. The molecule has 1 fully saturated rings. The number of hydrogen-bond acceptors (Lipinski definition) is 5. The number of hydrogen-bond donors (Lipinski definition) is 1. The molecule has 6 nitrogen and oxygen atoms in total. The van der Waals surface area contributed by atoms with E-state index in [1.807, 2.05) is 36.5 Å². The molecule has 7 heteroatoms. The molecule has 178 valence electrons. The number of rotatable bonds is 4. The Morgan fingerprint density at radius 1 is 0.971 bits per heavy atom. The summed E-state index contributed by atoms with van der Waals surface area (Å²) in [5.41, 5.74) is 5.17. The Kier molecular flexibility index (Phi) is 6.59. The lowest BCUT2D eigenvalue weighted by Crippen LogP contribution is -2.58. The summed E-state index contributed by atoms with van der Waals surface area (Å²) in [7, 11) is 0. The third-order valence-electron chi connectivity index (χ3n) is 6.73. The lowest BCUT2D eigenvalue weighted by atomic mass is 10.00. The van der Waals surface area contributed by atoms with E-state index in [0.29, 0.717) is 5.92 Å². The van der Waals surface area contributed by atoms with Gasteiger partial charge in [-0.3, -0.25) is 4.98 Å². The molecule has 1 aliphatic heterocycles. The normalized spacial score (nSPS) is 16.1. The van der Waals surface area contributed by atoms with E-state index in [1.54, 1.807) is 0 Å². The van der Waals surface area contributed by atoms with E-state index in [-0.39, 0.29) is 6.04 Å². The van der Waals surface area contributed by atoms with Crippen LogP contribution in [0.2, 0.25) is 0 Å². The van der Waals surface area contributed by atoms with Gasteiger partial charge in [0.2, 0.25) is 0 Å². The highest BCUT2D eigenvalue weighted by Crippen LogP contribution is 2.26. The average Bonchev–Trinajstić information content (AvgIpc) is 2.89. The predicted molar refractivity (Wildman–Crippen MR) is 148 cm³/mol. The molecule has 1 atom stereocenters. The summed E-state index contributed by atoms with van der Waals surface area (Å²) in [6, 6.07) is 22.8. The van der Waals surface area contributed by atoms with Crippen LogP contribution in [0.15, 0.2) is 72.9 Å². The van der Waals surface area contributed by atoms with Gasteiger partial charge in [0.1, 0.15) is 0 Å². The number of fused-ring (bicyclic) bond motifs is 1. The van der Waals surface area contributed by atoms with Gasteiger partial charge in [-0.05, 0) is 67.0 Å². The summed E-state index contributed by atoms with van der Waals surface area (Å²) in [5, 5.41) is 14.4. The summed E-state index contributed by atoms with van der Waals surface area (Å²) in [5.74, 6) is 1.33. The van der Waals surface area contributed by atoms with Crippen molar-refractivity contribution in [1.29, 1.82) is 0 Å². The van der Waals surface area contributed by atoms with Gasteiger partial charge < -0.3 is 15.1 Å². The van der Waals surface area contributed by atoms with Crippen molar-refractivity contribution in [2.75, 3.05) is 29.9 Å². The predicted octanol–water partition coefficient (Wildman–Crippen LogP) is 5.54. The molecule has 0 bridgehead atoms. The largest absolute Gasteiger partial charge is 0.351 e. The van der Waals surface area contributed by atoms with Crippen LogP contribution < -0.4 is 10.2 Å². The molecule has 3 heterocycles. The first-order valence-corrected chi connectivity index (χ1v) is 12.5. The maximum absolute atomic E-state index is 5.90. The highest BCUT2D eigenvalue weighted by Gasteiger charge is 2.31. The van der Waals surface area contributed by atoms with Crippen molar-refractivity contribution in [3.05, 3.63) is 78.5 Å². The Labute approximate surface area is 212 Å². The second-order valence-electron chi connectivity index (χ2n) is 9.35. The van der Waals surface area contributed by atoms with Gasteiger partial charge in [0.15, 0.2) is 10.9 Å². The lowest BCUT2D eigenvalue weighted by Gasteiger charge is -2.45. The Balaban J connectivity index is 1.32. The van der Waals surface area contributed by atoms with Gasteiger partial charge in [-0.15, -0.1) is 10.2 Å². The van der Waals surface area contributed by atoms with E-state index in [1.165, 1.54) is 5.56 Å². The number of nitrogens with one attached hydrogen (secondary N) is 1. The molecular formula is C28H30N6S. The maximum Gasteiger partial charge on any atom is 0.173 e. The zero-order valence-electron chi connectivity index (χ0n) is 20.3. The molecule has 2 aromatic carbocycles. The fraction of sp³-hybridized carbons (Fsp3) is 0.286. The van der Waals surface area contributed by atoms with Crippen molar-refractivity contribution in [3.8, 4) is 11.3 Å². The Morgan fingerprint density at radius 3 is 2.60 bits per heavy atom. The molecule has 0 aliphatic carbocycles. The molecular weight excluding hydrogens is 452 g/mol. The van der Waals surface area contributed by atoms with Gasteiger partial charge in [-0.2, -0.15) is 0 Å². The van der Waals surface area contributed by atoms with Crippen LogP contribution in [0.3, 0.4) is 0 Å². The van der Waals surface area contributed by atoms with Crippen molar-refractivity contribution < 1.29 is 0 Å². The van der Waals surface area contributed by atoms with Crippen LogP contribution in [0.4, 0.5) is 11.5 Å². The molecule has 0 saturated carbocycles. The molecule has 2 aromatic heterocycles. The van der Waals surface area contributed by atoms with Crippen molar-refractivity contribution in [2.45, 2.75) is 26.8 Å². The van der Waals surface area contributed by atoms with Crippen molar-refractivity contribution in [3.63, 3.8) is 0 Å². The van der Waals surface area contributed by atoms with E-state index in [0.717, 1.165) is 58.4 Å². The molecule has 1 aliphatic rings. The number of pyridine rings is 1. The highest BCUT2D eigenvalue weighted by atomic mass is 32.1. The van der Waals surface area contributed by atoms with Gasteiger partial charge in [0, 0.05) is 42.5 Å². The number of aromatic nitrogens is 3. The molecule has 0 amide bonds. The first-order chi connectivity index (χ1) is 17.0. The molecule has 0 spiro atoms. The smallest absolute Gasteiger partial charge is 0.173 e. The zero-order valence-corrected chi connectivity index (χ0v) is 21.2. The number of anilines is 2. The molecule has 4 aromatic rings. The van der Waals surface area contributed by atoms with Crippen LogP contribution in [0.5, 0.6) is 0 Å². The Morgan fingerprint density at radius 2 is 1.83 bits per heavy atom. The topological polar surface area (TPSA) is 57.2 Å². The van der Waals surface area contributed by atoms with Crippen LogP contribution >= 0.6 is 12.2 Å². The van der Waals surface area contributed by atoms with Crippen molar-refractivity contribution in [2.24, 2.45) is 5.92 Å². The summed E-state index contributed by atoms with van der Waals surface area (Å²) in [4.78, 5) is 9.10. The number of nitrogens with zero attached hydrogens (tertiary/aromatic N) is 5. The minimum absolute atomic E-state index is 0.259. The lowest BCUT2D eigenvalue weighted by molar-refractivity contribution is 0.227. The first-order valence-electron chi connectivity index (χ1n) is 12.1. The van der Waals surface area contributed by atoms with Crippen LogP contribution in [-0.4, -0.2) is 50.9 Å². The van der Waals surface area contributed by atoms with E-state index in [4.69, 9.17) is 12.2 Å². The van der Waals surface area contributed by atoms with Crippen LogP contribution in [-0.2, 0) is 0 Å². The van der Waals surface area contributed by atoms with Gasteiger partial charge in [-0.1, -0.05) is 44.2 Å². The number of benzene rings is 2. The van der Waals surface area contributed by atoms with Gasteiger partial charge in [0.25, 0.3) is 0 Å². The van der Waals surface area contributed by atoms with Gasteiger partial charge in [-0.25, -0.2) is 0 Å². The second kappa shape index (κ2) is 9.96. The van der Waals surface area contributed by atoms with E-state index >= 15 is 0 Å². The third-order valence-corrected chi connectivity index (χ3v) is 7.07. The second-order valence-corrected chi connectivity index (χ2v) is 9.73. The quantitative estimate of drug-likeness (QED) is 0.383. The van der Waals surface area contributed by atoms with Gasteiger partial charge >= 0.3 is 0 Å². The zero-order chi connectivity index (χ0) is 24.4. The number of piperazine rings is 1. The fourth-order valence-electron chi connectivity index (χ4n) is 4.74. The SMILES string of the molecule is Cc1ccccc1-c1ccc(N2CCN(C(=S)Nc3cccc4ncccc34)C(C(C)C)C2)nn1. The Bertz CT molecular complexity index is 1330. The Hall–Kier alpha value is -3.58. The fourth-order valence-corrected chi connectivity index (χ4v) is 5.07. The number of thiocarbonyl (C=S) groups is 1. The minimum atomic E-state index is 0.259. The van der Waals surface area contributed by atoms with E-state index in [2.05, 4.69) is 87.5 Å². The van der Waals surface area contributed by atoms with Crippen molar-refractivity contribution >= 4 is 39.7 Å². The van der Waals surface area contributed by atoms with Crippen LogP contribution in [0.1, 0.15) is 19.4 Å². The summed E-state index contributed by atoms with van der Waals surface area (Å²) in [6.45, 7) is 9.09. The molecule has 35 heavy (non-hydrogen) atoms. The molecule has 1 N–H and O–H groups in total. The summed E-state index contributed by atoms with van der Waals surface area (Å²) in [6.07, 6.45) is 1.81. The maximum atomic E-state index is 5.90. The summed E-state index contributed by atoms with van der Waals surface area (Å²) >= 11 is 5.90. The van der Waals surface area contributed by atoms with Crippen LogP contribution in [0.25, 0.3) is 22.2 Å².